The summed E-state index contributed by atoms with van der Waals surface area (Å²) in [5.41, 5.74) is 11.5. The summed E-state index contributed by atoms with van der Waals surface area (Å²) in [6.45, 7) is 0.599. The van der Waals surface area contributed by atoms with Crippen molar-refractivity contribution < 1.29 is 19.8 Å². The Kier molecular flexibility index (Phi) is 6.14. The molecule has 0 aliphatic heterocycles. The Morgan fingerprint density at radius 2 is 1.60 bits per heavy atom. The number of unbranched alkanes of at least 4 members (excludes halogenated alkanes) is 2. The van der Waals surface area contributed by atoms with Crippen molar-refractivity contribution in [2.24, 2.45) is 11.5 Å². The third-order valence-electron chi connectivity index (χ3n) is 3.16. The number of hydrogen-bond donors (Lipinski definition) is 4. The van der Waals surface area contributed by atoms with Crippen LogP contribution in [0.15, 0.2) is 18.2 Å². The third-order valence-corrected chi connectivity index (χ3v) is 3.16. The number of nitrogens with two attached hydrogens (primary N) is 2. The summed E-state index contributed by atoms with van der Waals surface area (Å²) in [6.07, 6.45) is 3.08. The fourth-order valence-corrected chi connectivity index (χ4v) is 2.17. The molecule has 6 N–H and O–H groups in total. The summed E-state index contributed by atoms with van der Waals surface area (Å²) >= 11 is 0. The second-order valence-corrected chi connectivity index (χ2v) is 4.62. The molecular formula is C14H20N2O4. The minimum Gasteiger partial charge on any atom is -0.478 e. The van der Waals surface area contributed by atoms with Gasteiger partial charge in [0.1, 0.15) is 0 Å². The molecule has 0 aliphatic carbocycles. The van der Waals surface area contributed by atoms with Gasteiger partial charge in [-0.25, -0.2) is 9.59 Å². The highest BCUT2D eigenvalue weighted by Crippen LogP contribution is 2.25. The van der Waals surface area contributed by atoms with Gasteiger partial charge in [0.2, 0.25) is 0 Å². The lowest BCUT2D eigenvalue weighted by molar-refractivity contribution is 0.0694. The Hall–Kier alpha value is -1.92. The minimum atomic E-state index is -1.17. The summed E-state index contributed by atoms with van der Waals surface area (Å²) in [6, 6.07) is 3.57. The van der Waals surface area contributed by atoms with Crippen LogP contribution >= 0.6 is 0 Å². The van der Waals surface area contributed by atoms with E-state index in [-0.39, 0.29) is 16.7 Å². The Balaban J connectivity index is 3.00. The number of rotatable bonds is 8. The van der Waals surface area contributed by atoms with E-state index in [2.05, 4.69) is 0 Å². The molecule has 0 spiro atoms. The summed E-state index contributed by atoms with van der Waals surface area (Å²) < 4.78 is 0. The first-order chi connectivity index (χ1) is 9.49. The van der Waals surface area contributed by atoms with Crippen molar-refractivity contribution in [3.63, 3.8) is 0 Å². The molecule has 1 rings (SSSR count). The van der Waals surface area contributed by atoms with Crippen molar-refractivity contribution in [2.75, 3.05) is 6.54 Å². The largest absolute Gasteiger partial charge is 0.478 e. The average molecular weight is 280 g/mol. The van der Waals surface area contributed by atoms with Crippen LogP contribution in [0.25, 0.3) is 0 Å². The monoisotopic (exact) mass is 280 g/mol. The van der Waals surface area contributed by atoms with E-state index in [0.29, 0.717) is 13.0 Å². The first kappa shape index (κ1) is 16.1. The second-order valence-electron chi connectivity index (χ2n) is 4.62. The van der Waals surface area contributed by atoms with Gasteiger partial charge in [-0.15, -0.1) is 0 Å². The summed E-state index contributed by atoms with van der Waals surface area (Å²) in [5, 5.41) is 18.3. The van der Waals surface area contributed by atoms with Crippen molar-refractivity contribution in [1.29, 1.82) is 0 Å². The van der Waals surface area contributed by atoms with Gasteiger partial charge in [-0.3, -0.25) is 0 Å². The zero-order valence-electron chi connectivity index (χ0n) is 11.2. The maximum Gasteiger partial charge on any atom is 0.336 e. The molecule has 0 bridgehead atoms. The van der Waals surface area contributed by atoms with Crippen LogP contribution in [-0.2, 0) is 0 Å². The van der Waals surface area contributed by atoms with Gasteiger partial charge in [0.25, 0.3) is 0 Å². The highest BCUT2D eigenvalue weighted by Gasteiger charge is 2.22. The van der Waals surface area contributed by atoms with Crippen LogP contribution in [-0.4, -0.2) is 28.7 Å². The predicted octanol–water partition coefficient (Wildman–Crippen LogP) is 1.60. The van der Waals surface area contributed by atoms with E-state index < -0.39 is 18.0 Å². The Bertz CT molecular complexity index is 456. The molecule has 0 aliphatic rings. The lowest BCUT2D eigenvalue weighted by atomic mass is 9.92. The van der Waals surface area contributed by atoms with E-state index in [0.717, 1.165) is 19.3 Å². The predicted molar refractivity (Wildman–Crippen MR) is 74.8 cm³/mol. The maximum absolute atomic E-state index is 11.2. The van der Waals surface area contributed by atoms with Gasteiger partial charge in [-0.05, 0) is 37.1 Å². The van der Waals surface area contributed by atoms with E-state index in [1.165, 1.54) is 18.2 Å². The van der Waals surface area contributed by atoms with Gasteiger partial charge < -0.3 is 21.7 Å². The van der Waals surface area contributed by atoms with E-state index in [1.807, 2.05) is 0 Å². The van der Waals surface area contributed by atoms with Gasteiger partial charge in [0, 0.05) is 6.04 Å². The van der Waals surface area contributed by atoms with E-state index in [1.54, 1.807) is 0 Å². The standard InChI is InChI=1S/C14H20N2O4/c15-8-3-1-2-7-11(16)12-9(13(17)18)5-4-6-10(12)14(19)20/h4-6,11H,1-3,7-8,15-16H2,(H,17,18)(H,19,20). The summed E-state index contributed by atoms with van der Waals surface area (Å²) in [7, 11) is 0. The smallest absolute Gasteiger partial charge is 0.336 e. The number of carbonyl (C=O) groups is 2. The fourth-order valence-electron chi connectivity index (χ4n) is 2.17. The Morgan fingerprint density at radius 3 is 2.05 bits per heavy atom. The highest BCUT2D eigenvalue weighted by molar-refractivity contribution is 5.96. The van der Waals surface area contributed by atoms with Gasteiger partial charge in [-0.1, -0.05) is 18.9 Å². The van der Waals surface area contributed by atoms with Crippen molar-refractivity contribution >= 4 is 11.9 Å². The SMILES string of the molecule is NCCCCCC(N)c1c(C(=O)O)cccc1C(=O)O. The Morgan fingerprint density at radius 1 is 1.05 bits per heavy atom. The lowest BCUT2D eigenvalue weighted by Gasteiger charge is -2.17. The molecule has 0 saturated carbocycles. The van der Waals surface area contributed by atoms with Crippen LogP contribution in [0.5, 0.6) is 0 Å². The summed E-state index contributed by atoms with van der Waals surface area (Å²) in [5.74, 6) is -2.33. The van der Waals surface area contributed by atoms with Crippen LogP contribution < -0.4 is 11.5 Å². The van der Waals surface area contributed by atoms with Crippen molar-refractivity contribution in [1.82, 2.24) is 0 Å². The molecule has 0 radical (unpaired) electrons. The molecule has 110 valence electrons. The second kappa shape index (κ2) is 7.62. The molecule has 6 nitrogen and oxygen atoms in total. The molecule has 1 aromatic rings. The molecule has 1 unspecified atom stereocenters. The molecule has 0 amide bonds. The minimum absolute atomic E-state index is 0.0452. The molecule has 1 atom stereocenters. The number of carboxylic acids is 2. The normalized spacial score (nSPS) is 12.1. The van der Waals surface area contributed by atoms with Crippen LogP contribution in [0.2, 0.25) is 0 Å². The molecule has 0 saturated heterocycles. The molecule has 1 aromatic carbocycles. The first-order valence-corrected chi connectivity index (χ1v) is 6.54. The van der Waals surface area contributed by atoms with E-state index in [4.69, 9.17) is 21.7 Å². The molecule has 0 heterocycles. The Labute approximate surface area is 117 Å². The molecule has 0 aromatic heterocycles. The zero-order valence-corrected chi connectivity index (χ0v) is 11.2. The topological polar surface area (TPSA) is 127 Å². The van der Waals surface area contributed by atoms with Crippen LogP contribution in [0.4, 0.5) is 0 Å². The van der Waals surface area contributed by atoms with E-state index >= 15 is 0 Å². The first-order valence-electron chi connectivity index (χ1n) is 6.54. The lowest BCUT2D eigenvalue weighted by Crippen LogP contribution is -2.19. The van der Waals surface area contributed by atoms with Crippen molar-refractivity contribution in [3.05, 3.63) is 34.9 Å². The molecular weight excluding hydrogens is 260 g/mol. The van der Waals surface area contributed by atoms with Crippen molar-refractivity contribution in [3.8, 4) is 0 Å². The molecule has 20 heavy (non-hydrogen) atoms. The van der Waals surface area contributed by atoms with Gasteiger partial charge in [0.05, 0.1) is 11.1 Å². The summed E-state index contributed by atoms with van der Waals surface area (Å²) in [4.78, 5) is 22.4. The van der Waals surface area contributed by atoms with Gasteiger partial charge in [-0.2, -0.15) is 0 Å². The number of hydrogen-bond acceptors (Lipinski definition) is 4. The molecule has 6 heteroatoms. The van der Waals surface area contributed by atoms with Crippen LogP contribution in [0.1, 0.15) is 58.0 Å². The number of benzene rings is 1. The fraction of sp³-hybridized carbons (Fsp3) is 0.429. The van der Waals surface area contributed by atoms with Gasteiger partial charge in [0.15, 0.2) is 0 Å². The highest BCUT2D eigenvalue weighted by atomic mass is 16.4. The number of carboxylic acid groups (broad SMARTS) is 2. The average Bonchev–Trinajstić information content (AvgIpc) is 2.42. The molecule has 0 fully saturated rings. The third kappa shape index (κ3) is 4.04. The van der Waals surface area contributed by atoms with E-state index in [9.17, 15) is 9.59 Å². The quantitative estimate of drug-likeness (QED) is 0.536. The zero-order chi connectivity index (χ0) is 15.1. The maximum atomic E-state index is 11.2. The van der Waals surface area contributed by atoms with Crippen molar-refractivity contribution in [2.45, 2.75) is 31.7 Å². The van der Waals surface area contributed by atoms with Crippen LogP contribution in [0.3, 0.4) is 0 Å². The number of aromatic carboxylic acids is 2. The van der Waals surface area contributed by atoms with Crippen LogP contribution in [0, 0.1) is 0 Å². The van der Waals surface area contributed by atoms with Gasteiger partial charge >= 0.3 is 11.9 Å².